The molecule has 2 fully saturated rings. The van der Waals surface area contributed by atoms with Crippen molar-refractivity contribution < 1.29 is 43.0 Å². The zero-order valence-electron chi connectivity index (χ0n) is 41.9. The highest BCUT2D eigenvalue weighted by Crippen LogP contribution is 2.41. The molecule has 0 unspecified atom stereocenters. The van der Waals surface area contributed by atoms with Crippen molar-refractivity contribution >= 4 is 44.1 Å². The van der Waals surface area contributed by atoms with E-state index in [1.54, 1.807) is 6.08 Å². The number of benzene rings is 7. The maximum Gasteiger partial charge on any atom is 0.138 e. The predicted molar refractivity (Wildman–Crippen MR) is 297 cm³/mol. The molecule has 0 amide bonds. The Morgan fingerprint density at radius 1 is 0.613 bits per heavy atom. The van der Waals surface area contributed by atoms with E-state index in [1.807, 2.05) is 42.5 Å². The number of hydrogen-bond donors (Lipinski definition) is 1. The highest BCUT2D eigenvalue weighted by molar-refractivity contribution is 7.99. The molecule has 1 N–H and O–H groups in total. The SMILES string of the molecule is C=C[C@H](O)[C@H](O[C@H]1C=C[C@H]2O[C@H]3[C@H](OCc4ccc5ccccc5c4)[C@H]4O[C@@H](C=C[C@@H](COCc5ccc6ccccc6c5)OCc5ccc6ccccc6c5)C=CC[C@@H]4O[C@@H]3C[C@@H]2O[C@@H]1C=C)Sc1ccccc1. The summed E-state index contributed by atoms with van der Waals surface area (Å²) in [7, 11) is 0. The number of aliphatic hydroxyl groups is 1. The summed E-state index contributed by atoms with van der Waals surface area (Å²) >= 11 is 1.43. The van der Waals surface area contributed by atoms with Gasteiger partial charge in [0, 0.05) is 11.3 Å². The van der Waals surface area contributed by atoms with Crippen LogP contribution in [-0.4, -0.2) is 90.4 Å². The minimum absolute atomic E-state index is 0.323. The van der Waals surface area contributed by atoms with Gasteiger partial charge < -0.3 is 43.0 Å². The summed E-state index contributed by atoms with van der Waals surface area (Å²) in [5, 5.41) is 18.1. The first-order valence-corrected chi connectivity index (χ1v) is 27.0. The van der Waals surface area contributed by atoms with Gasteiger partial charge >= 0.3 is 0 Å². The standard InChI is InChI=1S/C65H64O9S/c1-3-55(66)65(75-54-22-6-5-7-23-54)74-57-33-34-58-60(71-56(57)4-2)38-61-63(73-58)64(69-41-45-27-30-48-17-10-13-20-51(48)37-45)62-59(72-61)24-14-21-52(70-62)31-32-53(68-40-44-26-29-47-16-9-12-19-50(47)36-44)42-67-39-43-25-28-46-15-8-11-18-49(46)35-43/h3-23,25-37,52-53,55-66H,1-2,24,38-42H2/t52-,53+,55+,56-,57+,58-,59+,60+,61-,62+,63-,64-,65-/m1/s1. The van der Waals surface area contributed by atoms with Crippen LogP contribution >= 0.6 is 11.8 Å². The molecule has 13 atom stereocenters. The lowest BCUT2D eigenvalue weighted by Crippen LogP contribution is -2.64. The van der Waals surface area contributed by atoms with Crippen molar-refractivity contribution in [2.75, 3.05) is 6.61 Å². The highest BCUT2D eigenvalue weighted by atomic mass is 32.2. The van der Waals surface area contributed by atoms with Gasteiger partial charge in [-0.25, -0.2) is 0 Å². The molecule has 10 heteroatoms. The van der Waals surface area contributed by atoms with E-state index in [0.717, 1.165) is 27.0 Å². The van der Waals surface area contributed by atoms with Crippen molar-refractivity contribution in [3.05, 3.63) is 236 Å². The Labute approximate surface area is 444 Å². The number of fused-ring (bicyclic) bond motifs is 6. The fourth-order valence-electron chi connectivity index (χ4n) is 10.6. The average molecular weight is 1020 g/mol. The normalized spacial score (nSPS) is 26.7. The first kappa shape index (κ1) is 51.1. The van der Waals surface area contributed by atoms with E-state index in [1.165, 1.54) is 44.8 Å². The molecule has 7 aromatic rings. The van der Waals surface area contributed by atoms with Crippen LogP contribution in [0.5, 0.6) is 0 Å². The summed E-state index contributed by atoms with van der Waals surface area (Å²) < 4.78 is 54.9. The fourth-order valence-corrected chi connectivity index (χ4v) is 11.6. The summed E-state index contributed by atoms with van der Waals surface area (Å²) in [4.78, 5) is 0.962. The zero-order valence-corrected chi connectivity index (χ0v) is 42.7. The summed E-state index contributed by atoms with van der Waals surface area (Å²) in [6, 6.07) is 54.3. The lowest BCUT2D eigenvalue weighted by Gasteiger charge is -2.51. The topological polar surface area (TPSA) is 94.1 Å². The van der Waals surface area contributed by atoms with Gasteiger partial charge in [0.1, 0.15) is 48.2 Å². The van der Waals surface area contributed by atoms with E-state index < -0.39 is 54.3 Å². The Morgan fingerprint density at radius 2 is 1.23 bits per heavy atom. The fraction of sp³-hybridized carbons (Fsp3) is 0.292. The number of hydrogen-bond acceptors (Lipinski definition) is 10. The Kier molecular flexibility index (Phi) is 16.6. The monoisotopic (exact) mass is 1020 g/mol. The number of ether oxygens (including phenoxy) is 8. The second kappa shape index (κ2) is 24.3. The first-order chi connectivity index (χ1) is 36.9. The van der Waals surface area contributed by atoms with Crippen LogP contribution in [0.15, 0.2) is 224 Å². The van der Waals surface area contributed by atoms with E-state index in [9.17, 15) is 5.11 Å². The van der Waals surface area contributed by atoms with Gasteiger partial charge in [-0.05, 0) is 85.8 Å². The molecule has 75 heavy (non-hydrogen) atoms. The Bertz CT molecular complexity index is 3140. The molecule has 0 radical (unpaired) electrons. The molecule has 0 aromatic heterocycles. The van der Waals surface area contributed by atoms with Gasteiger partial charge in [0.05, 0.1) is 56.9 Å². The third kappa shape index (κ3) is 12.5. The lowest BCUT2D eigenvalue weighted by atomic mass is 9.87. The predicted octanol–water partition coefficient (Wildman–Crippen LogP) is 12.6. The molecule has 4 aliphatic rings. The molecule has 7 aromatic carbocycles. The Morgan fingerprint density at radius 3 is 1.88 bits per heavy atom. The summed E-state index contributed by atoms with van der Waals surface area (Å²) in [6.45, 7) is 9.55. The second-order valence-electron chi connectivity index (χ2n) is 19.7. The Balaban J connectivity index is 0.834. The molecular formula is C65H64O9S. The minimum Gasteiger partial charge on any atom is -0.385 e. The van der Waals surface area contributed by atoms with Crippen molar-refractivity contribution in [1.29, 1.82) is 0 Å². The summed E-state index contributed by atoms with van der Waals surface area (Å²) in [5.41, 5.74) is 2.58. The lowest BCUT2D eigenvalue weighted by molar-refractivity contribution is -0.297. The van der Waals surface area contributed by atoms with Crippen molar-refractivity contribution in [3.8, 4) is 0 Å². The molecule has 0 saturated carbocycles. The minimum atomic E-state index is -0.934. The molecule has 4 aliphatic heterocycles. The maximum absolute atomic E-state index is 11.1. The van der Waals surface area contributed by atoms with E-state index >= 15 is 0 Å². The average Bonchev–Trinajstić information content (AvgIpc) is 3.77. The zero-order chi connectivity index (χ0) is 50.9. The molecule has 11 rings (SSSR count). The van der Waals surface area contributed by atoms with Crippen LogP contribution in [0.3, 0.4) is 0 Å². The molecule has 0 bridgehead atoms. The van der Waals surface area contributed by atoms with Crippen molar-refractivity contribution in [3.63, 3.8) is 0 Å². The third-order valence-corrected chi connectivity index (χ3v) is 15.7. The highest BCUT2D eigenvalue weighted by Gasteiger charge is 2.54. The third-order valence-electron chi connectivity index (χ3n) is 14.5. The first-order valence-electron chi connectivity index (χ1n) is 26.1. The largest absolute Gasteiger partial charge is 0.385 e. The van der Waals surface area contributed by atoms with Crippen LogP contribution in [0.1, 0.15) is 29.5 Å². The molecule has 384 valence electrons. The van der Waals surface area contributed by atoms with E-state index in [0.29, 0.717) is 39.3 Å². The van der Waals surface area contributed by atoms with Crippen LogP contribution in [0.25, 0.3) is 32.3 Å². The van der Waals surface area contributed by atoms with Gasteiger partial charge in [-0.15, -0.1) is 13.2 Å². The summed E-state index contributed by atoms with van der Waals surface area (Å²) in [6.07, 6.45) is 11.0. The number of aliphatic hydroxyl groups excluding tert-OH is 1. The van der Waals surface area contributed by atoms with Crippen LogP contribution in [0, 0.1) is 0 Å². The molecule has 0 spiro atoms. The molecule has 9 nitrogen and oxygen atoms in total. The van der Waals surface area contributed by atoms with E-state index in [2.05, 4.69) is 165 Å². The quantitative estimate of drug-likeness (QED) is 0.0479. The van der Waals surface area contributed by atoms with Gasteiger partial charge in [0.15, 0.2) is 0 Å². The maximum atomic E-state index is 11.1. The van der Waals surface area contributed by atoms with Gasteiger partial charge in [0.25, 0.3) is 0 Å². The van der Waals surface area contributed by atoms with Gasteiger partial charge in [-0.1, -0.05) is 188 Å². The molecule has 4 heterocycles. The molecule has 2 saturated heterocycles. The van der Waals surface area contributed by atoms with Crippen LogP contribution < -0.4 is 0 Å². The van der Waals surface area contributed by atoms with Crippen molar-refractivity contribution in [2.45, 2.75) is 116 Å². The molecule has 0 aliphatic carbocycles. The second-order valence-corrected chi connectivity index (χ2v) is 20.9. The Hall–Kier alpha value is -5.99. The molecular weight excluding hydrogens is 957 g/mol. The summed E-state index contributed by atoms with van der Waals surface area (Å²) in [5.74, 6) is 0. The van der Waals surface area contributed by atoms with Crippen molar-refractivity contribution in [1.82, 2.24) is 0 Å². The van der Waals surface area contributed by atoms with E-state index in [4.69, 9.17) is 37.9 Å². The van der Waals surface area contributed by atoms with Crippen LogP contribution in [0.2, 0.25) is 0 Å². The van der Waals surface area contributed by atoms with Gasteiger partial charge in [0.2, 0.25) is 0 Å². The van der Waals surface area contributed by atoms with Crippen molar-refractivity contribution in [2.24, 2.45) is 0 Å². The van der Waals surface area contributed by atoms with Crippen LogP contribution in [-0.2, 0) is 57.7 Å². The van der Waals surface area contributed by atoms with Gasteiger partial charge in [-0.3, -0.25) is 0 Å². The number of rotatable bonds is 19. The van der Waals surface area contributed by atoms with Gasteiger partial charge in [-0.2, -0.15) is 0 Å². The smallest absolute Gasteiger partial charge is 0.138 e. The van der Waals surface area contributed by atoms with E-state index in [-0.39, 0.29) is 24.4 Å². The number of thioether (sulfide) groups is 1. The van der Waals surface area contributed by atoms with Crippen LogP contribution in [0.4, 0.5) is 0 Å².